The number of phenols is 1. The first-order chi connectivity index (χ1) is 9.56. The van der Waals surface area contributed by atoms with Crippen molar-refractivity contribution in [1.29, 1.82) is 0 Å². The lowest BCUT2D eigenvalue weighted by atomic mass is 10.1. The second kappa shape index (κ2) is 5.24. The van der Waals surface area contributed by atoms with Crippen LogP contribution in [0.15, 0.2) is 51.1 Å². The molecule has 0 bridgehead atoms. The average Bonchev–Trinajstić information content (AvgIpc) is 2.73. The maximum atomic E-state index is 10.2. The Kier molecular flexibility index (Phi) is 3.58. The lowest BCUT2D eigenvalue weighted by Crippen LogP contribution is -1.96. The number of hydrogen-bond acceptors (Lipinski definition) is 3. The molecule has 1 aliphatic rings. The Labute approximate surface area is 132 Å². The first-order valence-electron chi connectivity index (χ1n) is 5.90. The summed E-state index contributed by atoms with van der Waals surface area (Å²) in [4.78, 5) is 0. The van der Waals surface area contributed by atoms with E-state index in [9.17, 15) is 10.2 Å². The van der Waals surface area contributed by atoms with E-state index >= 15 is 0 Å². The predicted octanol–water partition coefficient (Wildman–Crippen LogP) is 4.38. The maximum absolute atomic E-state index is 10.2. The number of ether oxygens (including phenoxy) is 1. The van der Waals surface area contributed by atoms with Gasteiger partial charge >= 0.3 is 0 Å². The fourth-order valence-corrected chi connectivity index (χ4v) is 3.30. The molecule has 0 radical (unpaired) electrons. The van der Waals surface area contributed by atoms with Gasteiger partial charge in [-0.05, 0) is 61.7 Å². The highest BCUT2D eigenvalue weighted by Crippen LogP contribution is 2.40. The van der Waals surface area contributed by atoms with Crippen LogP contribution in [0, 0.1) is 0 Å². The Morgan fingerprint density at radius 3 is 2.40 bits per heavy atom. The van der Waals surface area contributed by atoms with E-state index in [1.807, 2.05) is 24.3 Å². The molecule has 0 amide bonds. The highest BCUT2D eigenvalue weighted by Gasteiger charge is 2.27. The summed E-state index contributed by atoms with van der Waals surface area (Å²) in [5.41, 5.74) is 1.57. The van der Waals surface area contributed by atoms with Crippen molar-refractivity contribution in [1.82, 2.24) is 0 Å². The molecule has 2 aromatic carbocycles. The first kappa shape index (κ1) is 13.7. The van der Waals surface area contributed by atoms with Gasteiger partial charge in [-0.15, -0.1) is 0 Å². The molecule has 0 saturated carbocycles. The minimum Gasteiger partial charge on any atom is -0.506 e. The van der Waals surface area contributed by atoms with Crippen LogP contribution in [-0.2, 0) is 0 Å². The molecule has 0 aromatic heterocycles. The molecular weight excluding hydrogens is 388 g/mol. The van der Waals surface area contributed by atoms with E-state index in [0.717, 1.165) is 11.1 Å². The third-order valence-corrected chi connectivity index (χ3v) is 4.27. The second-order valence-corrected chi connectivity index (χ2v) is 6.13. The van der Waals surface area contributed by atoms with Crippen molar-refractivity contribution in [2.45, 2.75) is 6.10 Å². The number of fused-ring (bicyclic) bond motifs is 1. The number of hydrogen-bond donors (Lipinski definition) is 2. The number of benzene rings is 2. The van der Waals surface area contributed by atoms with E-state index in [2.05, 4.69) is 31.9 Å². The molecule has 0 saturated heterocycles. The van der Waals surface area contributed by atoms with Crippen LogP contribution in [0.1, 0.15) is 17.2 Å². The summed E-state index contributed by atoms with van der Waals surface area (Å²) >= 11 is 6.55. The van der Waals surface area contributed by atoms with Crippen LogP contribution in [0.4, 0.5) is 0 Å². The summed E-state index contributed by atoms with van der Waals surface area (Å²) in [5, 5.41) is 19.9. The Morgan fingerprint density at radius 2 is 1.75 bits per heavy atom. The molecule has 2 aromatic rings. The fraction of sp³-hybridized carbons (Fsp3) is 0.0667. The van der Waals surface area contributed by atoms with Gasteiger partial charge in [-0.25, -0.2) is 0 Å². The SMILES string of the molecule is Oc1c(Br)cc(/C=C2/Oc3ccccc3C2O)cc1Br. The van der Waals surface area contributed by atoms with Crippen LogP contribution in [0.25, 0.3) is 6.08 Å². The number of rotatable bonds is 1. The van der Waals surface area contributed by atoms with Crippen LogP contribution in [0.2, 0.25) is 0 Å². The van der Waals surface area contributed by atoms with Crippen molar-refractivity contribution in [2.24, 2.45) is 0 Å². The number of halogens is 2. The quantitative estimate of drug-likeness (QED) is 0.750. The lowest BCUT2D eigenvalue weighted by Gasteiger charge is -2.06. The molecule has 5 heteroatoms. The fourth-order valence-electron chi connectivity index (χ4n) is 2.08. The number of aliphatic hydroxyl groups is 1. The van der Waals surface area contributed by atoms with Crippen LogP contribution >= 0.6 is 31.9 Å². The Balaban J connectivity index is 1.99. The normalized spacial score (nSPS) is 18.9. The molecule has 2 N–H and O–H groups in total. The smallest absolute Gasteiger partial charge is 0.143 e. The van der Waals surface area contributed by atoms with Gasteiger partial charge < -0.3 is 14.9 Å². The molecule has 1 atom stereocenters. The molecule has 0 aliphatic carbocycles. The van der Waals surface area contributed by atoms with Gasteiger partial charge in [0.15, 0.2) is 0 Å². The van der Waals surface area contributed by atoms with Crippen molar-refractivity contribution < 1.29 is 14.9 Å². The number of aromatic hydroxyl groups is 1. The molecule has 0 spiro atoms. The highest BCUT2D eigenvalue weighted by atomic mass is 79.9. The average molecular weight is 398 g/mol. The number of phenolic OH excluding ortho intramolecular Hbond substituents is 1. The largest absolute Gasteiger partial charge is 0.506 e. The molecular formula is C15H10Br2O3. The highest BCUT2D eigenvalue weighted by molar-refractivity contribution is 9.11. The van der Waals surface area contributed by atoms with E-state index < -0.39 is 6.10 Å². The van der Waals surface area contributed by atoms with Gasteiger partial charge in [0.2, 0.25) is 0 Å². The van der Waals surface area contributed by atoms with Gasteiger partial charge in [-0.2, -0.15) is 0 Å². The molecule has 102 valence electrons. The zero-order chi connectivity index (χ0) is 14.3. The van der Waals surface area contributed by atoms with Crippen LogP contribution in [-0.4, -0.2) is 10.2 Å². The van der Waals surface area contributed by atoms with Gasteiger partial charge in [-0.1, -0.05) is 18.2 Å². The molecule has 20 heavy (non-hydrogen) atoms. The van der Waals surface area contributed by atoms with Crippen LogP contribution in [0.5, 0.6) is 11.5 Å². The Bertz CT molecular complexity index is 687. The molecule has 1 heterocycles. The second-order valence-electron chi connectivity index (χ2n) is 4.42. The Morgan fingerprint density at radius 1 is 1.10 bits per heavy atom. The van der Waals surface area contributed by atoms with E-state index in [4.69, 9.17) is 4.74 Å². The van der Waals surface area contributed by atoms with Gasteiger partial charge in [-0.3, -0.25) is 0 Å². The standard InChI is InChI=1S/C15H10Br2O3/c16-10-5-8(6-11(17)15(10)19)7-13-14(18)9-3-1-2-4-12(9)20-13/h1-7,14,18-19H/b13-7+. The summed E-state index contributed by atoms with van der Waals surface area (Å²) in [7, 11) is 0. The summed E-state index contributed by atoms with van der Waals surface area (Å²) in [6.07, 6.45) is 0.983. The van der Waals surface area contributed by atoms with Gasteiger partial charge in [0, 0.05) is 5.56 Å². The van der Waals surface area contributed by atoms with Crippen LogP contribution < -0.4 is 4.74 Å². The van der Waals surface area contributed by atoms with Crippen LogP contribution in [0.3, 0.4) is 0 Å². The first-order valence-corrected chi connectivity index (χ1v) is 7.49. The number of aliphatic hydroxyl groups excluding tert-OH is 1. The predicted molar refractivity (Wildman–Crippen MR) is 83.5 cm³/mol. The molecule has 3 nitrogen and oxygen atoms in total. The van der Waals surface area contributed by atoms with E-state index in [1.54, 1.807) is 18.2 Å². The molecule has 3 rings (SSSR count). The topological polar surface area (TPSA) is 49.7 Å². The molecule has 1 aliphatic heterocycles. The third kappa shape index (κ3) is 2.37. The van der Waals surface area contributed by atoms with Gasteiger partial charge in [0.1, 0.15) is 23.4 Å². The zero-order valence-electron chi connectivity index (χ0n) is 10.2. The maximum Gasteiger partial charge on any atom is 0.143 e. The monoisotopic (exact) mass is 396 g/mol. The summed E-state index contributed by atoms with van der Waals surface area (Å²) in [5.74, 6) is 1.28. The van der Waals surface area contributed by atoms with Crippen molar-refractivity contribution in [3.63, 3.8) is 0 Å². The molecule has 1 unspecified atom stereocenters. The van der Waals surface area contributed by atoms with E-state index in [-0.39, 0.29) is 5.75 Å². The zero-order valence-corrected chi connectivity index (χ0v) is 13.3. The van der Waals surface area contributed by atoms with Crippen molar-refractivity contribution in [2.75, 3.05) is 0 Å². The number of para-hydroxylation sites is 1. The van der Waals surface area contributed by atoms with Gasteiger partial charge in [0.05, 0.1) is 8.95 Å². The van der Waals surface area contributed by atoms with Crippen molar-refractivity contribution >= 4 is 37.9 Å². The molecule has 0 fully saturated rings. The summed E-state index contributed by atoms with van der Waals surface area (Å²) in [6.45, 7) is 0. The van der Waals surface area contributed by atoms with E-state index in [1.165, 1.54) is 0 Å². The summed E-state index contributed by atoms with van der Waals surface area (Å²) in [6, 6.07) is 10.9. The van der Waals surface area contributed by atoms with Crippen molar-refractivity contribution in [3.8, 4) is 11.5 Å². The Hall–Kier alpha value is -1.30. The van der Waals surface area contributed by atoms with E-state index in [0.29, 0.717) is 20.5 Å². The minimum atomic E-state index is -0.766. The lowest BCUT2D eigenvalue weighted by molar-refractivity contribution is 0.193. The summed E-state index contributed by atoms with van der Waals surface area (Å²) < 4.78 is 6.80. The van der Waals surface area contributed by atoms with Crippen molar-refractivity contribution in [3.05, 3.63) is 62.2 Å². The van der Waals surface area contributed by atoms with Gasteiger partial charge in [0.25, 0.3) is 0 Å². The third-order valence-electron chi connectivity index (χ3n) is 3.06. The minimum absolute atomic E-state index is 0.142.